The van der Waals surface area contributed by atoms with Crippen LogP contribution >= 0.6 is 15.9 Å². The normalized spacial score (nSPS) is 10.5. The summed E-state index contributed by atoms with van der Waals surface area (Å²) in [6.07, 6.45) is -0.00666. The molecule has 1 amide bonds. The van der Waals surface area contributed by atoms with Crippen molar-refractivity contribution in [1.82, 2.24) is 15.5 Å². The average molecular weight is 432 g/mol. The lowest BCUT2D eigenvalue weighted by atomic mass is 10.2. The smallest absolute Gasteiger partial charge is 0.247 e. The van der Waals surface area contributed by atoms with Gasteiger partial charge in [-0.2, -0.15) is 0 Å². The standard InChI is InChI=1S/C19H18BrN3O4/c1-25-15-6-7-16(26-2)13(9-15)11-21-17(24)10-18-22-23-19(27-18)12-4-3-5-14(20)8-12/h3-9H,10-11H2,1-2H3,(H,21,24). The molecule has 0 spiro atoms. The Bertz CT molecular complexity index is 942. The van der Waals surface area contributed by atoms with Gasteiger partial charge in [-0.25, -0.2) is 0 Å². The van der Waals surface area contributed by atoms with Crippen LogP contribution in [0.3, 0.4) is 0 Å². The first-order valence-corrected chi connectivity index (χ1v) is 8.94. The fourth-order valence-electron chi connectivity index (χ4n) is 2.48. The summed E-state index contributed by atoms with van der Waals surface area (Å²) in [6.45, 7) is 0.297. The second-order valence-corrected chi connectivity index (χ2v) is 6.56. The average Bonchev–Trinajstić information content (AvgIpc) is 3.14. The Morgan fingerprint density at radius 1 is 1.15 bits per heavy atom. The Kier molecular flexibility index (Phi) is 6.08. The summed E-state index contributed by atoms with van der Waals surface area (Å²) in [6, 6.07) is 12.9. The summed E-state index contributed by atoms with van der Waals surface area (Å²) in [7, 11) is 3.16. The van der Waals surface area contributed by atoms with Crippen molar-refractivity contribution < 1.29 is 18.7 Å². The third-order valence-electron chi connectivity index (χ3n) is 3.81. The topological polar surface area (TPSA) is 86.5 Å². The third kappa shape index (κ3) is 4.85. The van der Waals surface area contributed by atoms with E-state index in [0.29, 0.717) is 23.9 Å². The molecular weight excluding hydrogens is 414 g/mol. The van der Waals surface area contributed by atoms with E-state index in [1.54, 1.807) is 26.4 Å². The van der Waals surface area contributed by atoms with E-state index in [1.807, 2.05) is 30.3 Å². The monoisotopic (exact) mass is 431 g/mol. The number of methoxy groups -OCH3 is 2. The van der Waals surface area contributed by atoms with Crippen molar-refractivity contribution >= 4 is 21.8 Å². The molecule has 140 valence electrons. The number of benzene rings is 2. The van der Waals surface area contributed by atoms with Gasteiger partial charge in [-0.1, -0.05) is 22.0 Å². The molecule has 0 atom stereocenters. The van der Waals surface area contributed by atoms with Gasteiger partial charge in [-0.05, 0) is 36.4 Å². The highest BCUT2D eigenvalue weighted by Crippen LogP contribution is 2.24. The van der Waals surface area contributed by atoms with Gasteiger partial charge in [0.05, 0.1) is 14.2 Å². The molecule has 0 unspecified atom stereocenters. The van der Waals surface area contributed by atoms with Crippen LogP contribution in [0, 0.1) is 0 Å². The Balaban J connectivity index is 1.62. The second-order valence-electron chi connectivity index (χ2n) is 5.64. The summed E-state index contributed by atoms with van der Waals surface area (Å²) in [5, 5.41) is 10.8. The molecule has 0 radical (unpaired) electrons. The highest BCUT2D eigenvalue weighted by Gasteiger charge is 2.13. The molecule has 0 bridgehead atoms. The minimum atomic E-state index is -0.232. The number of halogens is 1. The van der Waals surface area contributed by atoms with Gasteiger partial charge in [0.15, 0.2) is 0 Å². The molecule has 0 saturated carbocycles. The van der Waals surface area contributed by atoms with Crippen molar-refractivity contribution in [3.63, 3.8) is 0 Å². The van der Waals surface area contributed by atoms with Gasteiger partial charge < -0.3 is 19.2 Å². The predicted molar refractivity (Wildman–Crippen MR) is 103 cm³/mol. The van der Waals surface area contributed by atoms with E-state index < -0.39 is 0 Å². The summed E-state index contributed by atoms with van der Waals surface area (Å²) in [5.74, 6) is 1.75. The largest absolute Gasteiger partial charge is 0.497 e. The van der Waals surface area contributed by atoms with Crippen molar-refractivity contribution in [1.29, 1.82) is 0 Å². The van der Waals surface area contributed by atoms with Crippen LogP contribution in [-0.2, 0) is 17.8 Å². The summed E-state index contributed by atoms with van der Waals surface area (Å²) in [4.78, 5) is 12.2. The molecule has 1 aromatic heterocycles. The van der Waals surface area contributed by atoms with E-state index in [-0.39, 0.29) is 18.2 Å². The van der Waals surface area contributed by atoms with Gasteiger partial charge in [0.2, 0.25) is 17.7 Å². The van der Waals surface area contributed by atoms with Crippen molar-refractivity contribution in [2.45, 2.75) is 13.0 Å². The van der Waals surface area contributed by atoms with E-state index in [9.17, 15) is 4.79 Å². The van der Waals surface area contributed by atoms with E-state index in [4.69, 9.17) is 13.9 Å². The Hall–Kier alpha value is -2.87. The minimum Gasteiger partial charge on any atom is -0.497 e. The Morgan fingerprint density at radius 2 is 2.00 bits per heavy atom. The maximum absolute atomic E-state index is 12.2. The van der Waals surface area contributed by atoms with Crippen LogP contribution in [0.25, 0.3) is 11.5 Å². The number of carbonyl (C=O) groups is 1. The van der Waals surface area contributed by atoms with E-state index in [0.717, 1.165) is 15.6 Å². The molecule has 27 heavy (non-hydrogen) atoms. The lowest BCUT2D eigenvalue weighted by molar-refractivity contribution is -0.120. The molecular formula is C19H18BrN3O4. The zero-order chi connectivity index (χ0) is 19.2. The Morgan fingerprint density at radius 3 is 2.74 bits per heavy atom. The van der Waals surface area contributed by atoms with Crippen LogP contribution in [0.4, 0.5) is 0 Å². The summed E-state index contributed by atoms with van der Waals surface area (Å²) in [5.41, 5.74) is 1.59. The van der Waals surface area contributed by atoms with E-state index in [2.05, 4.69) is 31.4 Å². The highest BCUT2D eigenvalue weighted by molar-refractivity contribution is 9.10. The number of nitrogens with zero attached hydrogens (tertiary/aromatic N) is 2. The molecule has 1 heterocycles. The highest BCUT2D eigenvalue weighted by atomic mass is 79.9. The number of ether oxygens (including phenoxy) is 2. The molecule has 0 aliphatic carbocycles. The van der Waals surface area contributed by atoms with E-state index >= 15 is 0 Å². The van der Waals surface area contributed by atoms with Crippen molar-refractivity contribution in [3.05, 3.63) is 58.4 Å². The van der Waals surface area contributed by atoms with Crippen molar-refractivity contribution in [3.8, 4) is 23.0 Å². The fraction of sp³-hybridized carbons (Fsp3) is 0.211. The maximum atomic E-state index is 12.2. The van der Waals surface area contributed by atoms with Crippen LogP contribution < -0.4 is 14.8 Å². The number of carbonyl (C=O) groups excluding carboxylic acids is 1. The summed E-state index contributed by atoms with van der Waals surface area (Å²) >= 11 is 3.40. The first-order chi connectivity index (χ1) is 13.1. The van der Waals surface area contributed by atoms with Crippen LogP contribution in [0.5, 0.6) is 11.5 Å². The van der Waals surface area contributed by atoms with Gasteiger partial charge in [0.25, 0.3) is 0 Å². The number of aromatic nitrogens is 2. The summed E-state index contributed by atoms with van der Waals surface area (Å²) < 4.78 is 17.0. The van der Waals surface area contributed by atoms with Gasteiger partial charge in [0, 0.05) is 22.1 Å². The fourth-order valence-corrected chi connectivity index (χ4v) is 2.88. The first kappa shape index (κ1) is 18.9. The van der Waals surface area contributed by atoms with Crippen LogP contribution in [0.2, 0.25) is 0 Å². The second kappa shape index (κ2) is 8.68. The first-order valence-electron chi connectivity index (χ1n) is 8.15. The number of nitrogens with one attached hydrogen (secondary N) is 1. The number of hydrogen-bond acceptors (Lipinski definition) is 6. The predicted octanol–water partition coefficient (Wildman–Crippen LogP) is 3.38. The van der Waals surface area contributed by atoms with Crippen molar-refractivity contribution in [2.24, 2.45) is 0 Å². The van der Waals surface area contributed by atoms with Crippen LogP contribution in [-0.4, -0.2) is 30.3 Å². The van der Waals surface area contributed by atoms with Crippen molar-refractivity contribution in [2.75, 3.05) is 14.2 Å². The zero-order valence-electron chi connectivity index (χ0n) is 14.9. The molecule has 0 fully saturated rings. The van der Waals surface area contributed by atoms with Gasteiger partial charge in [0.1, 0.15) is 17.9 Å². The maximum Gasteiger partial charge on any atom is 0.247 e. The number of rotatable bonds is 7. The van der Waals surface area contributed by atoms with Crippen LogP contribution in [0.15, 0.2) is 51.4 Å². The number of amides is 1. The molecule has 8 heteroatoms. The molecule has 3 rings (SSSR count). The van der Waals surface area contributed by atoms with Gasteiger partial charge >= 0.3 is 0 Å². The lowest BCUT2D eigenvalue weighted by Crippen LogP contribution is -2.25. The quantitative estimate of drug-likeness (QED) is 0.616. The zero-order valence-corrected chi connectivity index (χ0v) is 16.4. The van der Waals surface area contributed by atoms with Gasteiger partial charge in [-0.15, -0.1) is 10.2 Å². The Labute approximate surface area is 164 Å². The van der Waals surface area contributed by atoms with E-state index in [1.165, 1.54) is 0 Å². The molecule has 2 aromatic carbocycles. The minimum absolute atomic E-state index is 0.00666. The lowest BCUT2D eigenvalue weighted by Gasteiger charge is -2.11. The molecule has 7 nitrogen and oxygen atoms in total. The third-order valence-corrected chi connectivity index (χ3v) is 4.31. The molecule has 0 aliphatic heterocycles. The molecule has 3 aromatic rings. The van der Waals surface area contributed by atoms with Crippen LogP contribution in [0.1, 0.15) is 11.5 Å². The van der Waals surface area contributed by atoms with Gasteiger partial charge in [-0.3, -0.25) is 4.79 Å². The number of hydrogen-bond donors (Lipinski definition) is 1. The SMILES string of the molecule is COc1ccc(OC)c(CNC(=O)Cc2nnc(-c3cccc(Br)c3)o2)c1. The molecule has 0 aliphatic rings. The molecule has 1 N–H and O–H groups in total. The molecule has 0 saturated heterocycles.